The van der Waals surface area contributed by atoms with Crippen LogP contribution in [-0.2, 0) is 4.79 Å². The van der Waals surface area contributed by atoms with Gasteiger partial charge in [0.05, 0.1) is 6.20 Å². The fourth-order valence-electron chi connectivity index (χ4n) is 0.698. The fraction of sp³-hybridized carbons (Fsp3) is 0. The highest BCUT2D eigenvalue weighted by Gasteiger charge is 1.98. The Morgan fingerprint density at radius 1 is 1.58 bits per heavy atom. The Bertz CT molecular complexity index is 325. The van der Waals surface area contributed by atoms with Crippen molar-refractivity contribution >= 4 is 24.0 Å². The summed E-state index contributed by atoms with van der Waals surface area (Å²) in [6.07, 6.45) is 4.09. The Balaban J connectivity index is 3.04. The van der Waals surface area contributed by atoms with Gasteiger partial charge in [-0.15, -0.1) is 0 Å². The van der Waals surface area contributed by atoms with Gasteiger partial charge in [-0.25, -0.2) is 9.37 Å². The van der Waals surface area contributed by atoms with Gasteiger partial charge in [-0.2, -0.15) is 0 Å². The van der Waals surface area contributed by atoms with E-state index < -0.39 is 5.82 Å². The third-order valence-electron chi connectivity index (χ3n) is 1.21. The highest BCUT2D eigenvalue weighted by Crippen LogP contribution is 2.12. The number of hydrogen-bond acceptors (Lipinski definition) is 2. The van der Waals surface area contributed by atoms with E-state index in [1.807, 2.05) is 0 Å². The molecule has 62 valence electrons. The second kappa shape index (κ2) is 3.97. The summed E-state index contributed by atoms with van der Waals surface area (Å²) in [6.45, 7) is 0. The Kier molecular flexibility index (Phi) is 2.94. The van der Waals surface area contributed by atoms with Crippen LogP contribution in [0.25, 0.3) is 6.08 Å². The van der Waals surface area contributed by atoms with E-state index in [9.17, 15) is 9.18 Å². The van der Waals surface area contributed by atoms with E-state index in [1.165, 1.54) is 18.2 Å². The van der Waals surface area contributed by atoms with Crippen LogP contribution in [0.2, 0.25) is 5.15 Å². The van der Waals surface area contributed by atoms with Gasteiger partial charge in [0, 0.05) is 5.56 Å². The van der Waals surface area contributed by atoms with Gasteiger partial charge in [-0.05, 0) is 18.2 Å². The first-order valence-corrected chi connectivity index (χ1v) is 3.54. The molecule has 1 rings (SSSR count). The Labute approximate surface area is 73.7 Å². The van der Waals surface area contributed by atoms with Crippen molar-refractivity contribution in [1.29, 1.82) is 0 Å². The summed E-state index contributed by atoms with van der Waals surface area (Å²) in [5, 5.41) is 0.196. The van der Waals surface area contributed by atoms with Crippen molar-refractivity contribution in [2.45, 2.75) is 0 Å². The number of aldehydes is 1. The van der Waals surface area contributed by atoms with E-state index in [-0.39, 0.29) is 10.7 Å². The van der Waals surface area contributed by atoms with Crippen LogP contribution in [0.3, 0.4) is 0 Å². The minimum atomic E-state index is -0.502. The summed E-state index contributed by atoms with van der Waals surface area (Å²) in [4.78, 5) is 13.4. The summed E-state index contributed by atoms with van der Waals surface area (Å²) >= 11 is 5.50. The zero-order valence-electron chi connectivity index (χ0n) is 6.00. The quantitative estimate of drug-likeness (QED) is 0.401. The third kappa shape index (κ3) is 2.13. The van der Waals surface area contributed by atoms with Gasteiger partial charge in [-0.3, -0.25) is 4.79 Å². The molecule has 0 atom stereocenters. The largest absolute Gasteiger partial charge is 0.299 e. The Morgan fingerprint density at radius 2 is 2.33 bits per heavy atom. The lowest BCUT2D eigenvalue weighted by molar-refractivity contribution is -0.104. The zero-order chi connectivity index (χ0) is 8.97. The predicted octanol–water partition coefficient (Wildman–Crippen LogP) is 2.09. The molecule has 1 aromatic heterocycles. The molecule has 0 bridgehead atoms. The van der Waals surface area contributed by atoms with Crippen LogP contribution in [0.1, 0.15) is 5.56 Å². The molecule has 0 unspecified atom stereocenters. The molecule has 0 aliphatic rings. The Hall–Kier alpha value is -1.22. The van der Waals surface area contributed by atoms with Crippen molar-refractivity contribution in [2.75, 3.05) is 0 Å². The minimum absolute atomic E-state index is 0.196. The molecule has 0 N–H and O–H groups in total. The van der Waals surface area contributed by atoms with Crippen LogP contribution < -0.4 is 0 Å². The van der Waals surface area contributed by atoms with E-state index in [0.717, 1.165) is 6.20 Å². The first kappa shape index (κ1) is 8.87. The van der Waals surface area contributed by atoms with Crippen molar-refractivity contribution in [3.05, 3.63) is 34.9 Å². The average molecular weight is 186 g/mol. The molecule has 0 amide bonds. The monoisotopic (exact) mass is 185 g/mol. The van der Waals surface area contributed by atoms with Gasteiger partial charge < -0.3 is 0 Å². The summed E-state index contributed by atoms with van der Waals surface area (Å²) in [5.41, 5.74) is 0.252. The fourth-order valence-corrected chi connectivity index (χ4v) is 0.864. The summed E-state index contributed by atoms with van der Waals surface area (Å²) in [7, 11) is 0. The highest BCUT2D eigenvalue weighted by molar-refractivity contribution is 6.29. The van der Waals surface area contributed by atoms with Gasteiger partial charge in [0.2, 0.25) is 0 Å². The second-order valence-electron chi connectivity index (χ2n) is 2.02. The number of carbonyl (C=O) groups excluding carboxylic acids is 1. The van der Waals surface area contributed by atoms with Crippen LogP contribution in [0.15, 0.2) is 18.3 Å². The minimum Gasteiger partial charge on any atom is -0.299 e. The number of allylic oxidation sites excluding steroid dienone is 1. The van der Waals surface area contributed by atoms with Crippen molar-refractivity contribution in [2.24, 2.45) is 0 Å². The van der Waals surface area contributed by atoms with Crippen molar-refractivity contribution < 1.29 is 9.18 Å². The zero-order valence-corrected chi connectivity index (χ0v) is 6.75. The van der Waals surface area contributed by atoms with Gasteiger partial charge in [0.1, 0.15) is 17.3 Å². The molecule has 4 heteroatoms. The molecule has 0 saturated heterocycles. The number of halogens is 2. The maximum atomic E-state index is 12.8. The standard InChI is InChI=1S/C8H5ClFNO/c9-8-4-6(2-1-3-12)7(10)5-11-8/h1-5H. The number of carbonyl (C=O) groups is 1. The molecule has 0 aromatic carbocycles. The van der Waals surface area contributed by atoms with E-state index in [1.54, 1.807) is 0 Å². The molecule has 0 radical (unpaired) electrons. The highest BCUT2D eigenvalue weighted by atomic mass is 35.5. The molecule has 0 spiro atoms. The number of hydrogen-bond donors (Lipinski definition) is 0. The van der Waals surface area contributed by atoms with Crippen molar-refractivity contribution in [3.63, 3.8) is 0 Å². The molecule has 0 aliphatic heterocycles. The summed E-state index contributed by atoms with van der Waals surface area (Å²) < 4.78 is 12.8. The topological polar surface area (TPSA) is 30.0 Å². The van der Waals surface area contributed by atoms with Gasteiger partial charge in [0.25, 0.3) is 0 Å². The molecular formula is C8H5ClFNO. The van der Waals surface area contributed by atoms with Crippen LogP contribution in [0.5, 0.6) is 0 Å². The first-order chi connectivity index (χ1) is 5.74. The van der Waals surface area contributed by atoms with E-state index in [2.05, 4.69) is 4.98 Å². The first-order valence-electron chi connectivity index (χ1n) is 3.17. The second-order valence-corrected chi connectivity index (χ2v) is 2.41. The lowest BCUT2D eigenvalue weighted by Crippen LogP contribution is -1.84. The SMILES string of the molecule is O=CC=Cc1cc(Cl)ncc1F. The molecule has 0 aliphatic carbocycles. The number of rotatable bonds is 2. The lowest BCUT2D eigenvalue weighted by atomic mass is 10.2. The van der Waals surface area contributed by atoms with Crippen LogP contribution in [0, 0.1) is 5.82 Å². The molecule has 2 nitrogen and oxygen atoms in total. The predicted molar refractivity (Wildman–Crippen MR) is 44.3 cm³/mol. The molecule has 1 aromatic rings. The lowest BCUT2D eigenvalue weighted by Gasteiger charge is -1.94. The average Bonchev–Trinajstić information content (AvgIpc) is 2.07. The van der Waals surface area contributed by atoms with Gasteiger partial charge >= 0.3 is 0 Å². The molecule has 0 fully saturated rings. The van der Waals surface area contributed by atoms with E-state index in [0.29, 0.717) is 6.29 Å². The van der Waals surface area contributed by atoms with E-state index >= 15 is 0 Å². The van der Waals surface area contributed by atoms with Crippen LogP contribution >= 0.6 is 11.6 Å². The Morgan fingerprint density at radius 3 is 3.00 bits per heavy atom. The van der Waals surface area contributed by atoms with Crippen LogP contribution in [-0.4, -0.2) is 11.3 Å². The van der Waals surface area contributed by atoms with Crippen molar-refractivity contribution in [1.82, 2.24) is 4.98 Å². The van der Waals surface area contributed by atoms with Crippen LogP contribution in [0.4, 0.5) is 4.39 Å². The third-order valence-corrected chi connectivity index (χ3v) is 1.41. The maximum absolute atomic E-state index is 12.8. The van der Waals surface area contributed by atoms with Crippen molar-refractivity contribution in [3.8, 4) is 0 Å². The summed E-state index contributed by atoms with van der Waals surface area (Å²) in [6, 6.07) is 1.34. The number of nitrogens with zero attached hydrogens (tertiary/aromatic N) is 1. The van der Waals surface area contributed by atoms with Gasteiger partial charge in [0.15, 0.2) is 0 Å². The molecular weight excluding hydrogens is 181 g/mol. The maximum Gasteiger partial charge on any atom is 0.148 e. The number of aromatic nitrogens is 1. The molecule has 12 heavy (non-hydrogen) atoms. The summed E-state index contributed by atoms with van der Waals surface area (Å²) in [5.74, 6) is -0.502. The number of pyridine rings is 1. The molecule has 1 heterocycles. The normalized spacial score (nSPS) is 10.5. The van der Waals surface area contributed by atoms with Gasteiger partial charge in [-0.1, -0.05) is 11.6 Å². The smallest absolute Gasteiger partial charge is 0.148 e. The van der Waals surface area contributed by atoms with E-state index in [4.69, 9.17) is 11.6 Å². The molecule has 0 saturated carbocycles.